The van der Waals surface area contributed by atoms with Crippen LogP contribution in [0.3, 0.4) is 0 Å². The van der Waals surface area contributed by atoms with Crippen molar-refractivity contribution in [1.82, 2.24) is 4.90 Å². The summed E-state index contributed by atoms with van der Waals surface area (Å²) in [7, 11) is 1.80. The number of para-hydroxylation sites is 1. The lowest BCUT2D eigenvalue weighted by atomic mass is 10.0. The maximum absolute atomic E-state index is 13.7. The van der Waals surface area contributed by atoms with E-state index in [4.69, 9.17) is 0 Å². The molecule has 0 spiro atoms. The largest absolute Gasteiger partial charge is 0.324 e. The fraction of sp³-hybridized carbons (Fsp3) is 0.136. The van der Waals surface area contributed by atoms with Crippen LogP contribution in [0, 0.1) is 5.82 Å². The number of amides is 1. The van der Waals surface area contributed by atoms with Crippen LogP contribution in [0.1, 0.15) is 5.56 Å². The Labute approximate surface area is 153 Å². The van der Waals surface area contributed by atoms with E-state index in [1.54, 1.807) is 30.1 Å². The Hall–Kier alpha value is -2.98. The van der Waals surface area contributed by atoms with E-state index in [-0.39, 0.29) is 18.3 Å². The van der Waals surface area contributed by atoms with E-state index in [0.717, 1.165) is 16.8 Å². The van der Waals surface area contributed by atoms with E-state index in [9.17, 15) is 9.18 Å². The molecule has 0 heterocycles. The summed E-state index contributed by atoms with van der Waals surface area (Å²) >= 11 is 0. The monoisotopic (exact) mass is 348 g/mol. The van der Waals surface area contributed by atoms with Crippen LogP contribution in [0.2, 0.25) is 0 Å². The summed E-state index contributed by atoms with van der Waals surface area (Å²) in [6, 6.07) is 24.2. The smallest absolute Gasteiger partial charge is 0.238 e. The lowest BCUT2D eigenvalue weighted by Gasteiger charge is -2.18. The molecule has 1 N–H and O–H groups in total. The number of likely N-dealkylation sites (N-methyl/N-ethyl adjacent to an activating group) is 1. The summed E-state index contributed by atoms with van der Waals surface area (Å²) in [4.78, 5) is 14.2. The number of carbonyl (C=O) groups is 1. The summed E-state index contributed by atoms with van der Waals surface area (Å²) in [6.07, 6.45) is 0. The van der Waals surface area contributed by atoms with E-state index in [1.165, 1.54) is 6.07 Å². The molecule has 0 radical (unpaired) electrons. The van der Waals surface area contributed by atoms with Gasteiger partial charge in [-0.25, -0.2) is 4.39 Å². The molecular weight excluding hydrogens is 327 g/mol. The van der Waals surface area contributed by atoms with Crippen molar-refractivity contribution >= 4 is 11.6 Å². The van der Waals surface area contributed by atoms with Crippen molar-refractivity contribution in [1.29, 1.82) is 0 Å². The van der Waals surface area contributed by atoms with Gasteiger partial charge in [0.25, 0.3) is 0 Å². The van der Waals surface area contributed by atoms with Gasteiger partial charge in [-0.05, 0) is 24.7 Å². The standard InChI is InChI=1S/C22H21FN2O/c1-25(15-18-11-5-7-13-20(18)23)16-22(26)24-21-14-8-6-12-19(21)17-9-3-2-4-10-17/h2-14H,15-16H2,1H3,(H,24,26). The molecule has 0 atom stereocenters. The molecule has 3 rings (SSSR count). The van der Waals surface area contributed by atoms with Gasteiger partial charge < -0.3 is 5.32 Å². The molecule has 0 aliphatic heterocycles. The quantitative estimate of drug-likeness (QED) is 0.708. The number of benzene rings is 3. The third-order valence-electron chi connectivity index (χ3n) is 4.10. The Kier molecular flexibility index (Phi) is 5.77. The number of halogens is 1. The Morgan fingerprint density at radius 3 is 2.35 bits per heavy atom. The third-order valence-corrected chi connectivity index (χ3v) is 4.10. The highest BCUT2D eigenvalue weighted by Gasteiger charge is 2.12. The Balaban J connectivity index is 1.66. The fourth-order valence-corrected chi connectivity index (χ4v) is 2.87. The highest BCUT2D eigenvalue weighted by Crippen LogP contribution is 2.27. The van der Waals surface area contributed by atoms with Crippen molar-refractivity contribution in [2.45, 2.75) is 6.54 Å². The SMILES string of the molecule is CN(CC(=O)Nc1ccccc1-c1ccccc1)Cc1ccccc1F. The fourth-order valence-electron chi connectivity index (χ4n) is 2.87. The number of nitrogens with zero attached hydrogens (tertiary/aromatic N) is 1. The highest BCUT2D eigenvalue weighted by molar-refractivity contribution is 5.96. The van der Waals surface area contributed by atoms with E-state index < -0.39 is 0 Å². The van der Waals surface area contributed by atoms with Crippen LogP contribution >= 0.6 is 0 Å². The predicted octanol–water partition coefficient (Wildman–Crippen LogP) is 4.56. The minimum atomic E-state index is -0.255. The molecule has 1 amide bonds. The van der Waals surface area contributed by atoms with Crippen LogP contribution in [-0.4, -0.2) is 24.4 Å². The number of nitrogens with one attached hydrogen (secondary N) is 1. The predicted molar refractivity (Wildman–Crippen MR) is 103 cm³/mol. The zero-order valence-corrected chi connectivity index (χ0v) is 14.7. The Morgan fingerprint density at radius 2 is 1.58 bits per heavy atom. The van der Waals surface area contributed by atoms with Crippen molar-refractivity contribution in [3.63, 3.8) is 0 Å². The van der Waals surface area contributed by atoms with Crippen LogP contribution in [-0.2, 0) is 11.3 Å². The highest BCUT2D eigenvalue weighted by atomic mass is 19.1. The molecule has 0 aliphatic carbocycles. The lowest BCUT2D eigenvalue weighted by Crippen LogP contribution is -2.30. The van der Waals surface area contributed by atoms with Crippen LogP contribution in [0.5, 0.6) is 0 Å². The Morgan fingerprint density at radius 1 is 0.923 bits per heavy atom. The first kappa shape index (κ1) is 17.8. The first-order chi connectivity index (χ1) is 12.6. The lowest BCUT2D eigenvalue weighted by molar-refractivity contribution is -0.117. The summed E-state index contributed by atoms with van der Waals surface area (Å²) in [5.74, 6) is -0.388. The van der Waals surface area contributed by atoms with Crippen molar-refractivity contribution in [2.24, 2.45) is 0 Å². The molecule has 0 saturated heterocycles. The van der Waals surface area contributed by atoms with Gasteiger partial charge in [0.05, 0.1) is 6.54 Å². The van der Waals surface area contributed by atoms with Crippen molar-refractivity contribution < 1.29 is 9.18 Å². The zero-order valence-electron chi connectivity index (χ0n) is 14.7. The summed E-state index contributed by atoms with van der Waals surface area (Å²) in [5, 5.41) is 2.97. The number of anilines is 1. The van der Waals surface area contributed by atoms with Crippen molar-refractivity contribution in [3.05, 3.63) is 90.2 Å². The molecule has 132 valence electrons. The van der Waals surface area contributed by atoms with E-state index in [1.807, 2.05) is 54.6 Å². The maximum Gasteiger partial charge on any atom is 0.238 e. The average Bonchev–Trinajstić information content (AvgIpc) is 2.64. The van der Waals surface area contributed by atoms with Gasteiger partial charge in [0.15, 0.2) is 0 Å². The normalized spacial score (nSPS) is 10.7. The molecule has 4 heteroatoms. The van der Waals surface area contributed by atoms with Gasteiger partial charge in [-0.3, -0.25) is 9.69 Å². The van der Waals surface area contributed by atoms with Crippen molar-refractivity contribution in [3.8, 4) is 11.1 Å². The summed E-state index contributed by atoms with van der Waals surface area (Å²) in [5.41, 5.74) is 3.36. The first-order valence-corrected chi connectivity index (χ1v) is 8.50. The molecular formula is C22H21FN2O. The molecule has 0 unspecified atom stereocenters. The van der Waals surface area contributed by atoms with E-state index in [0.29, 0.717) is 12.1 Å². The zero-order chi connectivity index (χ0) is 18.4. The van der Waals surface area contributed by atoms with Crippen molar-refractivity contribution in [2.75, 3.05) is 18.9 Å². The summed E-state index contributed by atoms with van der Waals surface area (Å²) in [6.45, 7) is 0.553. The van der Waals surface area contributed by atoms with Gasteiger partial charge in [0.2, 0.25) is 5.91 Å². The molecule has 3 aromatic rings. The van der Waals surface area contributed by atoms with Gasteiger partial charge >= 0.3 is 0 Å². The molecule has 3 nitrogen and oxygen atoms in total. The van der Waals surface area contributed by atoms with Gasteiger partial charge in [-0.1, -0.05) is 66.7 Å². The number of carbonyl (C=O) groups excluding carboxylic acids is 1. The van der Waals surface area contributed by atoms with Crippen LogP contribution < -0.4 is 5.32 Å². The molecule has 0 aliphatic rings. The second kappa shape index (κ2) is 8.41. The number of hydrogen-bond donors (Lipinski definition) is 1. The number of hydrogen-bond acceptors (Lipinski definition) is 2. The third kappa shape index (κ3) is 4.55. The van der Waals surface area contributed by atoms with Crippen LogP contribution in [0.25, 0.3) is 11.1 Å². The molecule has 0 saturated carbocycles. The minimum absolute atomic E-state index is 0.132. The molecule has 0 fully saturated rings. The van der Waals surface area contributed by atoms with Crippen LogP contribution in [0.15, 0.2) is 78.9 Å². The number of rotatable bonds is 6. The van der Waals surface area contributed by atoms with Gasteiger partial charge in [0, 0.05) is 23.4 Å². The maximum atomic E-state index is 13.7. The summed E-state index contributed by atoms with van der Waals surface area (Å²) < 4.78 is 13.7. The second-order valence-electron chi connectivity index (χ2n) is 6.22. The van der Waals surface area contributed by atoms with E-state index >= 15 is 0 Å². The van der Waals surface area contributed by atoms with Crippen LogP contribution in [0.4, 0.5) is 10.1 Å². The van der Waals surface area contributed by atoms with Gasteiger partial charge in [-0.15, -0.1) is 0 Å². The molecule has 3 aromatic carbocycles. The topological polar surface area (TPSA) is 32.3 Å². The molecule has 26 heavy (non-hydrogen) atoms. The molecule has 0 aromatic heterocycles. The Bertz CT molecular complexity index is 880. The first-order valence-electron chi connectivity index (χ1n) is 8.50. The van der Waals surface area contributed by atoms with E-state index in [2.05, 4.69) is 5.32 Å². The molecule has 0 bridgehead atoms. The average molecular weight is 348 g/mol. The second-order valence-corrected chi connectivity index (χ2v) is 6.22. The van der Waals surface area contributed by atoms with Gasteiger partial charge in [-0.2, -0.15) is 0 Å². The minimum Gasteiger partial charge on any atom is -0.324 e. The van der Waals surface area contributed by atoms with Gasteiger partial charge in [0.1, 0.15) is 5.82 Å².